The molecule has 1 rings (SSSR count). The van der Waals surface area contributed by atoms with Crippen LogP contribution in [0.2, 0.25) is 5.02 Å². The molecule has 0 amide bonds. The van der Waals surface area contributed by atoms with Crippen molar-refractivity contribution in [3.05, 3.63) is 23.2 Å². The van der Waals surface area contributed by atoms with Gasteiger partial charge < -0.3 is 15.8 Å². The summed E-state index contributed by atoms with van der Waals surface area (Å²) < 4.78 is 39.6. The first-order valence-electron chi connectivity index (χ1n) is 4.82. The molecule has 7 heteroatoms. The molecule has 1 aromatic carbocycles. The summed E-state index contributed by atoms with van der Waals surface area (Å²) >= 11 is 5.85. The summed E-state index contributed by atoms with van der Waals surface area (Å²) in [6, 6.07) is 4.85. The van der Waals surface area contributed by atoms with Gasteiger partial charge in [-0.1, -0.05) is 11.6 Å². The molecule has 0 aliphatic carbocycles. The second-order valence-electron chi connectivity index (χ2n) is 3.33. The molecule has 0 saturated carbocycles. The quantitative estimate of drug-likeness (QED) is 0.638. The van der Waals surface area contributed by atoms with Gasteiger partial charge in [-0.05, 0) is 18.2 Å². The molecule has 0 fully saturated rings. The maximum atomic E-state index is 11.7. The summed E-state index contributed by atoms with van der Waals surface area (Å²) in [6.07, 6.45) is -4.29. The Balaban J connectivity index is 2.27. The second kappa shape index (κ2) is 5.97. The van der Waals surface area contributed by atoms with Gasteiger partial charge in [0.25, 0.3) is 0 Å². The number of nitrogen functional groups attached to an aromatic ring is 1. The van der Waals surface area contributed by atoms with Gasteiger partial charge in [0, 0.05) is 12.2 Å². The van der Waals surface area contributed by atoms with Crippen LogP contribution in [0.3, 0.4) is 0 Å². The zero-order chi connectivity index (χ0) is 12.9. The van der Waals surface area contributed by atoms with Crippen LogP contribution in [0.4, 0.5) is 24.5 Å². The van der Waals surface area contributed by atoms with E-state index in [1.54, 1.807) is 18.2 Å². The Morgan fingerprint density at radius 3 is 2.65 bits per heavy atom. The van der Waals surface area contributed by atoms with Gasteiger partial charge in [-0.2, -0.15) is 13.2 Å². The van der Waals surface area contributed by atoms with Gasteiger partial charge in [-0.3, -0.25) is 0 Å². The normalized spacial score (nSPS) is 11.5. The van der Waals surface area contributed by atoms with Gasteiger partial charge >= 0.3 is 6.18 Å². The number of rotatable bonds is 5. The second-order valence-corrected chi connectivity index (χ2v) is 3.74. The number of hydrogen-bond acceptors (Lipinski definition) is 3. The molecule has 1 aromatic rings. The van der Waals surface area contributed by atoms with Crippen LogP contribution in [0.15, 0.2) is 18.2 Å². The minimum absolute atomic E-state index is 0.0553. The summed E-state index contributed by atoms with van der Waals surface area (Å²) in [4.78, 5) is 0. The number of benzene rings is 1. The standard InChI is InChI=1S/C10H12ClF3N2O/c11-8-5-7(15)1-2-9(8)16-3-4-17-6-10(12,13)14/h1-2,5,16H,3-4,6,15H2. The third kappa shape index (κ3) is 5.65. The molecule has 0 atom stereocenters. The SMILES string of the molecule is Nc1ccc(NCCOCC(F)(F)F)c(Cl)c1. The highest BCUT2D eigenvalue weighted by molar-refractivity contribution is 6.33. The third-order valence-electron chi connectivity index (χ3n) is 1.82. The molecule has 0 bridgehead atoms. The average molecular weight is 269 g/mol. The summed E-state index contributed by atoms with van der Waals surface area (Å²) in [6.45, 7) is -1.07. The molecule has 0 saturated heterocycles. The molecule has 0 radical (unpaired) electrons. The lowest BCUT2D eigenvalue weighted by Crippen LogP contribution is -2.20. The highest BCUT2D eigenvalue weighted by Crippen LogP contribution is 2.23. The van der Waals surface area contributed by atoms with Crippen LogP contribution in [0.5, 0.6) is 0 Å². The number of hydrogen-bond donors (Lipinski definition) is 2. The van der Waals surface area contributed by atoms with E-state index >= 15 is 0 Å². The fourth-order valence-corrected chi connectivity index (χ4v) is 1.38. The van der Waals surface area contributed by atoms with Crippen LogP contribution in [-0.2, 0) is 4.74 Å². The number of halogens is 4. The third-order valence-corrected chi connectivity index (χ3v) is 2.13. The molecule has 17 heavy (non-hydrogen) atoms. The lowest BCUT2D eigenvalue weighted by Gasteiger charge is -2.10. The molecule has 3 N–H and O–H groups in total. The van der Waals surface area contributed by atoms with Crippen LogP contribution in [-0.4, -0.2) is 25.9 Å². The van der Waals surface area contributed by atoms with E-state index < -0.39 is 12.8 Å². The van der Waals surface area contributed by atoms with Crippen molar-refractivity contribution in [2.45, 2.75) is 6.18 Å². The van der Waals surface area contributed by atoms with Gasteiger partial charge in [-0.15, -0.1) is 0 Å². The fraction of sp³-hybridized carbons (Fsp3) is 0.400. The van der Waals surface area contributed by atoms with Crippen LogP contribution >= 0.6 is 11.6 Å². The topological polar surface area (TPSA) is 47.3 Å². The van der Waals surface area contributed by atoms with Crippen molar-refractivity contribution >= 4 is 23.0 Å². The molecule has 0 aromatic heterocycles. The van der Waals surface area contributed by atoms with Crippen molar-refractivity contribution in [3.8, 4) is 0 Å². The monoisotopic (exact) mass is 268 g/mol. The molecule has 0 aliphatic heterocycles. The summed E-state index contributed by atoms with van der Waals surface area (Å²) in [7, 11) is 0. The van der Waals surface area contributed by atoms with E-state index in [0.717, 1.165) is 0 Å². The summed E-state index contributed by atoms with van der Waals surface area (Å²) in [5.41, 5.74) is 6.62. The first-order valence-corrected chi connectivity index (χ1v) is 5.20. The molecule has 0 heterocycles. The molecular weight excluding hydrogens is 257 g/mol. The van der Waals surface area contributed by atoms with Crippen molar-refractivity contribution in [2.75, 3.05) is 30.8 Å². The van der Waals surface area contributed by atoms with Crippen LogP contribution in [0.1, 0.15) is 0 Å². The van der Waals surface area contributed by atoms with Crippen LogP contribution < -0.4 is 11.1 Å². The van der Waals surface area contributed by atoms with Crippen molar-refractivity contribution in [2.24, 2.45) is 0 Å². The smallest absolute Gasteiger partial charge is 0.399 e. The lowest BCUT2D eigenvalue weighted by molar-refractivity contribution is -0.172. The highest BCUT2D eigenvalue weighted by atomic mass is 35.5. The van der Waals surface area contributed by atoms with Gasteiger partial charge in [0.2, 0.25) is 0 Å². The van der Waals surface area contributed by atoms with E-state index in [4.69, 9.17) is 17.3 Å². The Bertz CT molecular complexity index is 371. The number of nitrogens with one attached hydrogen (secondary N) is 1. The highest BCUT2D eigenvalue weighted by Gasteiger charge is 2.27. The largest absolute Gasteiger partial charge is 0.411 e. The van der Waals surface area contributed by atoms with Gasteiger partial charge in [0.15, 0.2) is 0 Å². The predicted octanol–water partition coefficient (Wildman–Crippen LogP) is 2.91. The number of ether oxygens (including phenoxy) is 1. The van der Waals surface area contributed by atoms with E-state index in [1.807, 2.05) is 0 Å². The molecule has 0 spiro atoms. The number of anilines is 2. The maximum Gasteiger partial charge on any atom is 0.411 e. The lowest BCUT2D eigenvalue weighted by atomic mass is 10.3. The first-order chi connectivity index (χ1) is 7.88. The van der Waals surface area contributed by atoms with Crippen LogP contribution in [0, 0.1) is 0 Å². The van der Waals surface area contributed by atoms with Crippen molar-refractivity contribution < 1.29 is 17.9 Å². The van der Waals surface area contributed by atoms with Crippen LogP contribution in [0.25, 0.3) is 0 Å². The fourth-order valence-electron chi connectivity index (χ4n) is 1.12. The molecule has 96 valence electrons. The molecule has 0 unspecified atom stereocenters. The minimum Gasteiger partial charge on any atom is -0.399 e. The molecular formula is C10H12ClF3N2O. The Labute approximate surface area is 102 Å². The van der Waals surface area contributed by atoms with Crippen molar-refractivity contribution in [1.82, 2.24) is 0 Å². The van der Waals surface area contributed by atoms with E-state index in [2.05, 4.69) is 10.1 Å². The van der Waals surface area contributed by atoms with Crippen molar-refractivity contribution in [1.29, 1.82) is 0 Å². The average Bonchev–Trinajstić information content (AvgIpc) is 2.18. The Morgan fingerprint density at radius 1 is 1.35 bits per heavy atom. The summed E-state index contributed by atoms with van der Waals surface area (Å²) in [5, 5.41) is 3.26. The Kier molecular flexibility index (Phi) is 4.89. The van der Waals surface area contributed by atoms with E-state index in [1.165, 1.54) is 0 Å². The van der Waals surface area contributed by atoms with Gasteiger partial charge in [0.05, 0.1) is 17.3 Å². The molecule has 3 nitrogen and oxygen atoms in total. The molecule has 0 aliphatic rings. The van der Waals surface area contributed by atoms with Crippen molar-refractivity contribution in [3.63, 3.8) is 0 Å². The Hall–Kier alpha value is -1.14. The summed E-state index contributed by atoms with van der Waals surface area (Å²) in [5.74, 6) is 0. The maximum absolute atomic E-state index is 11.7. The number of alkyl halides is 3. The first kappa shape index (κ1) is 13.9. The minimum atomic E-state index is -4.29. The van der Waals surface area contributed by atoms with E-state index in [-0.39, 0.29) is 13.2 Å². The van der Waals surface area contributed by atoms with Gasteiger partial charge in [0.1, 0.15) is 6.61 Å². The Morgan fingerprint density at radius 2 is 2.06 bits per heavy atom. The predicted molar refractivity (Wildman–Crippen MR) is 61.2 cm³/mol. The van der Waals surface area contributed by atoms with Gasteiger partial charge in [-0.25, -0.2) is 0 Å². The zero-order valence-electron chi connectivity index (χ0n) is 8.85. The van der Waals surface area contributed by atoms with E-state index in [0.29, 0.717) is 16.4 Å². The van der Waals surface area contributed by atoms with E-state index in [9.17, 15) is 13.2 Å². The zero-order valence-corrected chi connectivity index (χ0v) is 9.61. The number of nitrogens with two attached hydrogens (primary N) is 1.